The lowest BCUT2D eigenvalue weighted by atomic mass is 10.1. The van der Waals surface area contributed by atoms with Crippen molar-refractivity contribution >= 4 is 23.5 Å². The number of amides is 1. The summed E-state index contributed by atoms with van der Waals surface area (Å²) in [5.41, 5.74) is 2.19. The number of nitrogens with two attached hydrogens (primary N) is 1. The van der Waals surface area contributed by atoms with Crippen LogP contribution in [0.5, 0.6) is 0 Å². The highest BCUT2D eigenvalue weighted by Crippen LogP contribution is 2.25. The Morgan fingerprint density at radius 3 is 2.14 bits per heavy atom. The average molecular weight is 323 g/mol. The number of hydrogen-bond donors (Lipinski definition) is 3. The molecule has 0 bridgehead atoms. The summed E-state index contributed by atoms with van der Waals surface area (Å²) in [7, 11) is 0. The highest BCUT2D eigenvalue weighted by atomic mass is 32.2. The van der Waals surface area contributed by atoms with Crippen LogP contribution in [0.1, 0.15) is 17.3 Å². The topological polar surface area (TPSA) is 67.1 Å². The molecule has 0 aliphatic carbocycles. The quantitative estimate of drug-likeness (QED) is 0.247. The number of nitrogen functional groups attached to an aromatic ring is 1. The number of rotatable bonds is 6. The monoisotopic (exact) mass is 323 g/mol. The second-order valence-electron chi connectivity index (χ2n) is 4.00. The Bertz CT molecular complexity index is 551. The smallest absolute Gasteiger partial charge is 0.257 e. The van der Waals surface area contributed by atoms with Gasteiger partial charge >= 0.3 is 0 Å². The van der Waals surface area contributed by atoms with Crippen molar-refractivity contribution in [3.63, 3.8) is 0 Å². The van der Waals surface area contributed by atoms with Gasteiger partial charge in [0.05, 0.1) is 0 Å². The number of benzene rings is 1. The molecule has 0 aliphatic heterocycles. The minimum Gasteiger partial charge on any atom is -0.394 e. The van der Waals surface area contributed by atoms with Crippen LogP contribution in [0.4, 0.5) is 23.2 Å². The summed E-state index contributed by atoms with van der Waals surface area (Å²) >= 11 is 1.21. The van der Waals surface area contributed by atoms with Gasteiger partial charge < -0.3 is 11.1 Å². The Morgan fingerprint density at radius 2 is 1.67 bits per heavy atom. The Kier molecular flexibility index (Phi) is 6.03. The van der Waals surface area contributed by atoms with Gasteiger partial charge in [-0.05, 0) is 11.8 Å². The lowest BCUT2D eigenvalue weighted by Crippen LogP contribution is -2.31. The third-order valence-electron chi connectivity index (χ3n) is 2.28. The fraction of sp³-hybridized carbons (Fsp3) is 0.250. The molecule has 9 heteroatoms. The van der Waals surface area contributed by atoms with Gasteiger partial charge in [0.25, 0.3) is 5.91 Å². The molecule has 21 heavy (non-hydrogen) atoms. The van der Waals surface area contributed by atoms with Crippen molar-refractivity contribution in [3.05, 3.63) is 40.3 Å². The molecule has 0 saturated heterocycles. The van der Waals surface area contributed by atoms with E-state index < -0.39 is 40.4 Å². The first kappa shape index (κ1) is 17.3. The molecule has 0 aromatic heterocycles. The van der Waals surface area contributed by atoms with Gasteiger partial charge in [0.15, 0.2) is 23.3 Å². The second kappa shape index (κ2) is 7.32. The fourth-order valence-electron chi connectivity index (χ4n) is 1.34. The molecule has 1 amide bonds. The molecule has 0 heterocycles. The molecule has 116 valence electrons. The van der Waals surface area contributed by atoms with Crippen molar-refractivity contribution in [3.8, 4) is 0 Å². The third kappa shape index (κ3) is 4.11. The predicted molar refractivity (Wildman–Crippen MR) is 73.4 cm³/mol. The van der Waals surface area contributed by atoms with Gasteiger partial charge in [-0.2, -0.15) is 0 Å². The molecule has 0 fully saturated rings. The van der Waals surface area contributed by atoms with Gasteiger partial charge in [0.2, 0.25) is 0 Å². The molecule has 0 saturated carbocycles. The van der Waals surface area contributed by atoms with Gasteiger partial charge in [0, 0.05) is 13.1 Å². The van der Waals surface area contributed by atoms with Crippen molar-refractivity contribution < 1.29 is 22.4 Å². The number of allylic oxidation sites excluding steroid dienone is 1. The molecule has 1 aromatic carbocycles. The SMILES string of the molecule is C=C(C)SNCCNC(=O)c1c(F)c(F)c(N)c(F)c1F. The van der Waals surface area contributed by atoms with E-state index in [9.17, 15) is 22.4 Å². The summed E-state index contributed by atoms with van der Waals surface area (Å²) in [5.74, 6) is -8.52. The Morgan fingerprint density at radius 1 is 1.14 bits per heavy atom. The molecule has 0 atom stereocenters. The molecule has 4 nitrogen and oxygen atoms in total. The largest absolute Gasteiger partial charge is 0.394 e. The number of nitrogens with one attached hydrogen (secondary N) is 2. The first-order valence-electron chi connectivity index (χ1n) is 5.72. The van der Waals surface area contributed by atoms with Crippen LogP contribution in [-0.4, -0.2) is 19.0 Å². The summed E-state index contributed by atoms with van der Waals surface area (Å²) < 4.78 is 56.2. The molecular formula is C12H13F4N3OS. The van der Waals surface area contributed by atoms with Crippen molar-refractivity contribution in [1.29, 1.82) is 0 Å². The van der Waals surface area contributed by atoms with Crippen LogP contribution in [0, 0.1) is 23.3 Å². The second-order valence-corrected chi connectivity index (χ2v) is 5.19. The van der Waals surface area contributed by atoms with E-state index in [1.165, 1.54) is 11.9 Å². The number of anilines is 1. The molecule has 1 rings (SSSR count). The first-order valence-corrected chi connectivity index (χ1v) is 6.53. The van der Waals surface area contributed by atoms with Crippen molar-refractivity contribution in [1.82, 2.24) is 10.0 Å². The van der Waals surface area contributed by atoms with Crippen LogP contribution >= 0.6 is 11.9 Å². The van der Waals surface area contributed by atoms with Gasteiger partial charge in [-0.25, -0.2) is 17.6 Å². The average Bonchev–Trinajstić information content (AvgIpc) is 2.42. The van der Waals surface area contributed by atoms with Crippen molar-refractivity contribution in [2.45, 2.75) is 6.92 Å². The summed E-state index contributed by atoms with van der Waals surface area (Å²) in [6, 6.07) is 0. The maximum atomic E-state index is 13.5. The van der Waals surface area contributed by atoms with E-state index in [0.717, 1.165) is 4.91 Å². The number of carbonyl (C=O) groups excluding carboxylic acids is 1. The predicted octanol–water partition coefficient (Wildman–Crippen LogP) is 2.33. The molecule has 0 unspecified atom stereocenters. The molecule has 4 N–H and O–H groups in total. The zero-order valence-corrected chi connectivity index (χ0v) is 11.8. The Balaban J connectivity index is 2.77. The highest BCUT2D eigenvalue weighted by molar-refractivity contribution is 8.01. The summed E-state index contributed by atoms with van der Waals surface area (Å²) in [5, 5.41) is 2.13. The van der Waals surface area contributed by atoms with Crippen molar-refractivity contribution in [2.75, 3.05) is 18.8 Å². The lowest BCUT2D eigenvalue weighted by molar-refractivity contribution is 0.0943. The van der Waals surface area contributed by atoms with Crippen LogP contribution in [0.25, 0.3) is 0 Å². The maximum Gasteiger partial charge on any atom is 0.257 e. The minimum atomic E-state index is -1.83. The Hall–Kier alpha value is -1.74. The van der Waals surface area contributed by atoms with Gasteiger partial charge in [-0.3, -0.25) is 9.52 Å². The van der Waals surface area contributed by atoms with E-state index in [-0.39, 0.29) is 13.1 Å². The fourth-order valence-corrected chi connectivity index (χ4v) is 1.79. The standard InChI is InChI=1S/C12H13F4N3OS/c1-5(2)21-19-4-3-18-12(20)6-7(13)9(15)11(17)10(16)8(6)14/h19H,1,3-4,17H2,2H3,(H,18,20). The molecule has 0 aliphatic rings. The minimum absolute atomic E-state index is 0.00833. The third-order valence-corrected chi connectivity index (χ3v) is 2.98. The van der Waals surface area contributed by atoms with Crippen LogP contribution in [0.3, 0.4) is 0 Å². The van der Waals surface area contributed by atoms with Crippen LogP contribution in [0.15, 0.2) is 11.5 Å². The molecule has 0 spiro atoms. The van der Waals surface area contributed by atoms with E-state index in [1.54, 1.807) is 6.92 Å². The molecule has 1 aromatic rings. The van der Waals surface area contributed by atoms with Gasteiger partial charge in [0.1, 0.15) is 11.3 Å². The number of halogens is 4. The van der Waals surface area contributed by atoms with E-state index in [1.807, 2.05) is 0 Å². The molecular weight excluding hydrogens is 310 g/mol. The summed E-state index contributed by atoms with van der Waals surface area (Å²) in [6.07, 6.45) is 0. The number of carbonyl (C=O) groups is 1. The van der Waals surface area contributed by atoms with Crippen LogP contribution in [0.2, 0.25) is 0 Å². The zero-order valence-electron chi connectivity index (χ0n) is 11.0. The summed E-state index contributed by atoms with van der Waals surface area (Å²) in [6.45, 7) is 5.60. The van der Waals surface area contributed by atoms with E-state index >= 15 is 0 Å². The van der Waals surface area contributed by atoms with E-state index in [0.29, 0.717) is 0 Å². The lowest BCUT2D eigenvalue weighted by Gasteiger charge is -2.10. The van der Waals surface area contributed by atoms with Crippen LogP contribution in [-0.2, 0) is 0 Å². The van der Waals surface area contributed by atoms with E-state index in [4.69, 9.17) is 5.73 Å². The van der Waals surface area contributed by atoms with Gasteiger partial charge in [-0.15, -0.1) is 0 Å². The number of hydrogen-bond acceptors (Lipinski definition) is 4. The highest BCUT2D eigenvalue weighted by Gasteiger charge is 2.27. The maximum absolute atomic E-state index is 13.5. The normalized spacial score (nSPS) is 10.5. The summed E-state index contributed by atoms with van der Waals surface area (Å²) in [4.78, 5) is 12.4. The Labute approximate surface area is 122 Å². The van der Waals surface area contributed by atoms with Crippen LogP contribution < -0.4 is 15.8 Å². The zero-order chi connectivity index (χ0) is 16.2. The van der Waals surface area contributed by atoms with Gasteiger partial charge in [-0.1, -0.05) is 18.5 Å². The molecule has 0 radical (unpaired) electrons. The van der Waals surface area contributed by atoms with Crippen molar-refractivity contribution in [2.24, 2.45) is 0 Å². The first-order chi connectivity index (χ1) is 9.77. The van der Waals surface area contributed by atoms with E-state index in [2.05, 4.69) is 16.6 Å².